The maximum Gasteiger partial charge on any atom is 0.298 e. The largest absolute Gasteiger partial charge is 0.456 e. The van der Waals surface area contributed by atoms with Gasteiger partial charge in [-0.1, -0.05) is 18.2 Å². The summed E-state index contributed by atoms with van der Waals surface area (Å²) in [5, 5.41) is 2.80. The molecule has 0 spiro atoms. The normalized spacial score (nSPS) is 11.4. The number of aromatic nitrogens is 2. The van der Waals surface area contributed by atoms with E-state index in [2.05, 4.69) is 5.10 Å². The molecule has 0 saturated carbocycles. The van der Waals surface area contributed by atoms with Crippen molar-refractivity contribution in [2.24, 2.45) is 0 Å². The van der Waals surface area contributed by atoms with Crippen molar-refractivity contribution in [2.45, 2.75) is 11.8 Å². The molecule has 2 N–H and O–H groups in total. The monoisotopic (exact) mass is 346 g/mol. The van der Waals surface area contributed by atoms with E-state index >= 15 is 0 Å². The molecule has 124 valence electrons. The first kappa shape index (κ1) is 16.0. The van der Waals surface area contributed by atoms with Crippen LogP contribution in [0.2, 0.25) is 0 Å². The number of aryl methyl sites for hydroxylation is 1. The van der Waals surface area contributed by atoms with Gasteiger partial charge >= 0.3 is 0 Å². The van der Waals surface area contributed by atoms with E-state index in [0.717, 1.165) is 0 Å². The summed E-state index contributed by atoms with van der Waals surface area (Å²) in [4.78, 5) is 11.4. The first-order valence-corrected chi connectivity index (χ1v) is 8.42. The molecule has 0 aliphatic heterocycles. The lowest BCUT2D eigenvalue weighted by atomic mass is 10.3. The summed E-state index contributed by atoms with van der Waals surface area (Å²) in [5.41, 5.74) is 0.546. The molecular formula is C16H14N2O5S. The topological polar surface area (TPSA) is 101 Å². The fourth-order valence-corrected chi connectivity index (χ4v) is 2.88. The molecule has 3 aromatic rings. The summed E-state index contributed by atoms with van der Waals surface area (Å²) >= 11 is 0. The van der Waals surface area contributed by atoms with Crippen LogP contribution in [-0.2, 0) is 10.1 Å². The fraction of sp³-hybridized carbons (Fsp3) is 0.0625. The molecule has 0 atom stereocenters. The summed E-state index contributed by atoms with van der Waals surface area (Å²) in [7, 11) is -4.54. The van der Waals surface area contributed by atoms with Crippen molar-refractivity contribution in [3.8, 4) is 17.2 Å². The Morgan fingerprint density at radius 2 is 1.79 bits per heavy atom. The number of ether oxygens (including phenoxy) is 1. The van der Waals surface area contributed by atoms with Gasteiger partial charge in [0.15, 0.2) is 0 Å². The van der Waals surface area contributed by atoms with Crippen molar-refractivity contribution < 1.29 is 17.7 Å². The molecule has 0 radical (unpaired) electrons. The van der Waals surface area contributed by atoms with Crippen LogP contribution in [0.5, 0.6) is 11.5 Å². The molecule has 0 aliphatic carbocycles. The summed E-state index contributed by atoms with van der Waals surface area (Å²) in [6, 6.07) is 14.0. The molecule has 0 fully saturated rings. The SMILES string of the molecule is Cc1cc(=O)n(-c2ccc(Oc3ccccc3)c(S(=O)(=O)O)c2)[nH]1. The Hall–Kier alpha value is -2.84. The molecule has 0 unspecified atom stereocenters. The zero-order valence-corrected chi connectivity index (χ0v) is 13.4. The minimum atomic E-state index is -4.54. The van der Waals surface area contributed by atoms with Gasteiger partial charge in [-0.25, -0.2) is 4.68 Å². The average Bonchev–Trinajstić information content (AvgIpc) is 2.86. The minimum absolute atomic E-state index is 0.0382. The lowest BCUT2D eigenvalue weighted by Crippen LogP contribution is -2.14. The van der Waals surface area contributed by atoms with Crippen molar-refractivity contribution in [1.29, 1.82) is 0 Å². The highest BCUT2D eigenvalue weighted by molar-refractivity contribution is 7.86. The maximum absolute atomic E-state index is 11.9. The number of hydrogen-bond acceptors (Lipinski definition) is 4. The molecule has 3 rings (SSSR count). The van der Waals surface area contributed by atoms with E-state index in [9.17, 15) is 17.8 Å². The van der Waals surface area contributed by atoms with Crippen molar-refractivity contribution >= 4 is 10.1 Å². The van der Waals surface area contributed by atoms with Crippen LogP contribution >= 0.6 is 0 Å². The Kier molecular flexibility index (Phi) is 4.00. The first-order chi connectivity index (χ1) is 11.3. The van der Waals surface area contributed by atoms with Crippen molar-refractivity contribution in [2.75, 3.05) is 0 Å². The molecule has 24 heavy (non-hydrogen) atoms. The molecule has 1 aromatic heterocycles. The Labute approximate surface area is 137 Å². The number of benzene rings is 2. The van der Waals surface area contributed by atoms with E-state index in [-0.39, 0.29) is 17.0 Å². The Morgan fingerprint density at radius 1 is 1.08 bits per heavy atom. The molecular weight excluding hydrogens is 332 g/mol. The van der Waals surface area contributed by atoms with Crippen molar-refractivity contribution in [3.05, 3.63) is 70.6 Å². The number of para-hydroxylation sites is 1. The predicted octanol–water partition coefficient (Wildman–Crippen LogP) is 2.51. The van der Waals surface area contributed by atoms with Crippen LogP contribution < -0.4 is 10.3 Å². The van der Waals surface area contributed by atoms with E-state index < -0.39 is 15.0 Å². The van der Waals surface area contributed by atoms with Gasteiger partial charge in [0.05, 0.1) is 5.69 Å². The first-order valence-electron chi connectivity index (χ1n) is 6.98. The molecule has 1 heterocycles. The van der Waals surface area contributed by atoms with Gasteiger partial charge in [-0.05, 0) is 37.3 Å². The molecule has 8 heteroatoms. The standard InChI is InChI=1S/C16H14N2O5S/c1-11-9-16(19)18(17-11)12-7-8-14(15(10-12)24(20,21)22)23-13-5-3-2-4-6-13/h2-10,17H,1H3,(H,20,21,22). The van der Waals surface area contributed by atoms with Gasteiger partial charge in [-0.2, -0.15) is 8.42 Å². The number of aromatic amines is 1. The number of nitrogens with one attached hydrogen (secondary N) is 1. The average molecular weight is 346 g/mol. The number of nitrogens with zero attached hydrogens (tertiary/aromatic N) is 1. The van der Waals surface area contributed by atoms with E-state index in [1.807, 2.05) is 0 Å². The third kappa shape index (κ3) is 3.24. The predicted molar refractivity (Wildman–Crippen MR) is 87.5 cm³/mol. The van der Waals surface area contributed by atoms with Gasteiger partial charge in [-0.3, -0.25) is 14.4 Å². The molecule has 0 bridgehead atoms. The summed E-state index contributed by atoms with van der Waals surface area (Å²) in [6.45, 7) is 1.70. The van der Waals surface area contributed by atoms with Gasteiger partial charge in [-0.15, -0.1) is 0 Å². The highest BCUT2D eigenvalue weighted by Gasteiger charge is 2.19. The van der Waals surface area contributed by atoms with E-state index in [0.29, 0.717) is 11.4 Å². The summed E-state index contributed by atoms with van der Waals surface area (Å²) in [5.74, 6) is 0.381. The van der Waals surface area contributed by atoms with Crippen LogP contribution in [0.25, 0.3) is 5.69 Å². The highest BCUT2D eigenvalue weighted by Crippen LogP contribution is 2.30. The van der Waals surface area contributed by atoms with Gasteiger partial charge in [0.25, 0.3) is 15.7 Å². The smallest absolute Gasteiger partial charge is 0.298 e. The molecule has 0 amide bonds. The van der Waals surface area contributed by atoms with Crippen LogP contribution in [0.3, 0.4) is 0 Å². The second-order valence-corrected chi connectivity index (χ2v) is 6.52. The van der Waals surface area contributed by atoms with E-state index in [4.69, 9.17) is 4.74 Å². The molecule has 2 aromatic carbocycles. The molecule has 0 aliphatic rings. The van der Waals surface area contributed by atoms with Gasteiger partial charge in [0.1, 0.15) is 16.4 Å². The fourth-order valence-electron chi connectivity index (χ4n) is 2.24. The lowest BCUT2D eigenvalue weighted by molar-refractivity contribution is 0.449. The molecule has 0 saturated heterocycles. The van der Waals surface area contributed by atoms with Gasteiger partial charge < -0.3 is 4.74 Å². The van der Waals surface area contributed by atoms with Crippen LogP contribution in [-0.4, -0.2) is 22.8 Å². The molecule has 7 nitrogen and oxygen atoms in total. The van der Waals surface area contributed by atoms with E-state index in [1.54, 1.807) is 37.3 Å². The van der Waals surface area contributed by atoms with Gasteiger partial charge in [0, 0.05) is 11.8 Å². The third-order valence-electron chi connectivity index (χ3n) is 3.28. The number of hydrogen-bond donors (Lipinski definition) is 2. The zero-order chi connectivity index (χ0) is 17.3. The Bertz CT molecular complexity index is 1040. The van der Waals surface area contributed by atoms with Gasteiger partial charge in [0.2, 0.25) is 0 Å². The second kappa shape index (κ2) is 5.99. The van der Waals surface area contributed by atoms with E-state index in [1.165, 1.54) is 28.9 Å². The van der Waals surface area contributed by atoms with Crippen molar-refractivity contribution in [3.63, 3.8) is 0 Å². The van der Waals surface area contributed by atoms with Crippen LogP contribution in [0.15, 0.2) is 64.3 Å². The van der Waals surface area contributed by atoms with Crippen LogP contribution in [0.4, 0.5) is 0 Å². The Morgan fingerprint density at radius 3 is 2.38 bits per heavy atom. The zero-order valence-electron chi connectivity index (χ0n) is 12.6. The quantitative estimate of drug-likeness (QED) is 0.707. The maximum atomic E-state index is 11.9. The third-order valence-corrected chi connectivity index (χ3v) is 4.16. The summed E-state index contributed by atoms with van der Waals surface area (Å²) < 4.78 is 39.6. The van der Waals surface area contributed by atoms with Crippen LogP contribution in [0.1, 0.15) is 5.69 Å². The second-order valence-electron chi connectivity index (χ2n) is 5.13. The highest BCUT2D eigenvalue weighted by atomic mass is 32.2. The Balaban J connectivity index is 2.11. The summed E-state index contributed by atoms with van der Waals surface area (Å²) in [6.07, 6.45) is 0. The van der Waals surface area contributed by atoms with Crippen molar-refractivity contribution in [1.82, 2.24) is 9.78 Å². The minimum Gasteiger partial charge on any atom is -0.456 e. The van der Waals surface area contributed by atoms with Crippen LogP contribution in [0, 0.1) is 6.92 Å². The number of rotatable bonds is 4. The number of H-pyrrole nitrogens is 1. The lowest BCUT2D eigenvalue weighted by Gasteiger charge is -2.11.